The molecule has 0 saturated carbocycles. The molecule has 1 heterocycles. The largest absolute Gasteiger partial charge is 0.461 e. The summed E-state index contributed by atoms with van der Waals surface area (Å²) in [5, 5.41) is 9.74. The first kappa shape index (κ1) is 28.9. The number of oxime groups is 1. The minimum absolute atomic E-state index is 0.213. The molecule has 2 aromatic carbocycles. The van der Waals surface area contributed by atoms with Crippen molar-refractivity contribution >= 4 is 67.0 Å². The molecule has 0 radical (unpaired) electrons. The Kier molecular flexibility index (Phi) is 15.2. The molecule has 2 aromatic rings. The molecule has 0 amide bonds. The molecule has 1 saturated heterocycles. The summed E-state index contributed by atoms with van der Waals surface area (Å²) in [7, 11) is 0. The van der Waals surface area contributed by atoms with E-state index in [1.54, 1.807) is 6.92 Å². The summed E-state index contributed by atoms with van der Waals surface area (Å²) in [5.41, 5.74) is 2.32. The van der Waals surface area contributed by atoms with Gasteiger partial charge in [-0.1, -0.05) is 72.9 Å². The second-order valence-corrected chi connectivity index (χ2v) is 8.91. The van der Waals surface area contributed by atoms with E-state index in [1.807, 2.05) is 24.3 Å². The van der Waals surface area contributed by atoms with Crippen LogP contribution in [0, 0.1) is 0 Å². The molecule has 3 rings (SSSR count). The quantitative estimate of drug-likeness (QED) is 0.138. The van der Waals surface area contributed by atoms with Crippen LogP contribution < -0.4 is 0 Å². The van der Waals surface area contributed by atoms with Crippen molar-refractivity contribution in [3.05, 3.63) is 74.8 Å². The third kappa shape index (κ3) is 13.2. The van der Waals surface area contributed by atoms with Crippen molar-refractivity contribution in [3.63, 3.8) is 0 Å². The SMILES string of the molecule is Brc1ccc(/C=C/N2CCCC2)cc1.CCOC(=O)/C(Cl)=N/O.O=CCc1ccc(Br)cc1. The van der Waals surface area contributed by atoms with Crippen molar-refractivity contribution in [3.8, 4) is 0 Å². The van der Waals surface area contributed by atoms with E-state index < -0.39 is 11.1 Å². The lowest BCUT2D eigenvalue weighted by Crippen LogP contribution is -2.11. The monoisotopic (exact) mass is 600 g/mol. The summed E-state index contributed by atoms with van der Waals surface area (Å²) >= 11 is 11.8. The molecule has 1 aliphatic rings. The van der Waals surface area contributed by atoms with Crippen LogP contribution in [0.3, 0.4) is 0 Å². The van der Waals surface area contributed by atoms with E-state index in [1.165, 1.54) is 31.5 Å². The van der Waals surface area contributed by atoms with E-state index >= 15 is 0 Å². The van der Waals surface area contributed by atoms with Crippen LogP contribution >= 0.6 is 43.5 Å². The number of aldehydes is 1. The first-order chi connectivity index (χ1) is 15.9. The van der Waals surface area contributed by atoms with Crippen LogP contribution in [0.1, 0.15) is 30.9 Å². The lowest BCUT2D eigenvalue weighted by molar-refractivity contribution is -0.134. The molecule has 0 aromatic heterocycles. The van der Waals surface area contributed by atoms with Crippen molar-refractivity contribution in [1.82, 2.24) is 4.90 Å². The van der Waals surface area contributed by atoms with Gasteiger partial charge < -0.3 is 19.6 Å². The summed E-state index contributed by atoms with van der Waals surface area (Å²) < 4.78 is 6.51. The lowest BCUT2D eigenvalue weighted by atomic mass is 10.2. The van der Waals surface area contributed by atoms with E-state index in [9.17, 15) is 9.59 Å². The summed E-state index contributed by atoms with van der Waals surface area (Å²) in [5.74, 6) is -0.818. The van der Waals surface area contributed by atoms with Crippen molar-refractivity contribution < 1.29 is 19.5 Å². The zero-order valence-corrected chi connectivity index (χ0v) is 22.2. The number of hydrogen-bond donors (Lipinski definition) is 1. The van der Waals surface area contributed by atoms with Crippen LogP contribution in [0.4, 0.5) is 0 Å². The maximum absolute atomic E-state index is 10.3. The third-order valence-corrected chi connectivity index (χ3v) is 5.54. The van der Waals surface area contributed by atoms with Gasteiger partial charge in [0.2, 0.25) is 0 Å². The Hall–Kier alpha value is -2.16. The van der Waals surface area contributed by atoms with Crippen LogP contribution in [-0.2, 0) is 20.7 Å². The van der Waals surface area contributed by atoms with Gasteiger partial charge in [-0.25, -0.2) is 4.79 Å². The van der Waals surface area contributed by atoms with Crippen LogP contribution in [-0.4, -0.2) is 47.2 Å². The second kappa shape index (κ2) is 17.3. The predicted molar refractivity (Wildman–Crippen MR) is 140 cm³/mol. The summed E-state index contributed by atoms with van der Waals surface area (Å²) in [6, 6.07) is 16.1. The van der Waals surface area contributed by atoms with Crippen LogP contribution in [0.15, 0.2) is 68.8 Å². The van der Waals surface area contributed by atoms with Gasteiger partial charge >= 0.3 is 5.97 Å². The Labute approximate surface area is 216 Å². The number of likely N-dealkylation sites (tertiary alicyclic amines) is 1. The fraction of sp³-hybridized carbons (Fsp3) is 0.292. The smallest absolute Gasteiger partial charge is 0.372 e. The van der Waals surface area contributed by atoms with Gasteiger partial charge in [-0.3, -0.25) is 0 Å². The highest BCUT2D eigenvalue weighted by Gasteiger charge is 2.08. The first-order valence-electron chi connectivity index (χ1n) is 10.3. The lowest BCUT2D eigenvalue weighted by Gasteiger charge is -2.09. The van der Waals surface area contributed by atoms with E-state index in [-0.39, 0.29) is 6.61 Å². The minimum atomic E-state index is -0.818. The fourth-order valence-electron chi connectivity index (χ4n) is 2.60. The van der Waals surface area contributed by atoms with Crippen molar-refractivity contribution in [1.29, 1.82) is 0 Å². The van der Waals surface area contributed by atoms with Gasteiger partial charge in [-0.05, 0) is 67.4 Å². The predicted octanol–water partition coefficient (Wildman–Crippen LogP) is 6.28. The molecule has 0 spiro atoms. The molecule has 1 aliphatic heterocycles. The van der Waals surface area contributed by atoms with Gasteiger partial charge in [0.05, 0.1) is 6.61 Å². The van der Waals surface area contributed by atoms with E-state index in [0.717, 1.165) is 20.8 Å². The van der Waals surface area contributed by atoms with Crippen molar-refractivity contribution in [2.75, 3.05) is 19.7 Å². The van der Waals surface area contributed by atoms with Gasteiger partial charge in [0.15, 0.2) is 0 Å². The summed E-state index contributed by atoms with van der Waals surface area (Å²) in [4.78, 5) is 22.8. The van der Waals surface area contributed by atoms with Gasteiger partial charge in [-0.2, -0.15) is 0 Å². The number of ether oxygens (including phenoxy) is 1. The van der Waals surface area contributed by atoms with E-state index in [2.05, 4.69) is 83.2 Å². The third-order valence-electron chi connectivity index (χ3n) is 4.25. The maximum Gasteiger partial charge on any atom is 0.372 e. The normalized spacial score (nSPS) is 13.0. The molecule has 0 unspecified atom stereocenters. The molecule has 0 bridgehead atoms. The number of carbonyl (C=O) groups excluding carboxylic acids is 2. The Morgan fingerprint density at radius 2 is 1.64 bits per heavy atom. The fourth-order valence-corrected chi connectivity index (χ4v) is 3.19. The zero-order valence-electron chi connectivity index (χ0n) is 18.3. The highest BCUT2D eigenvalue weighted by molar-refractivity contribution is 9.10. The van der Waals surface area contributed by atoms with Gasteiger partial charge in [0, 0.05) is 28.5 Å². The van der Waals surface area contributed by atoms with Gasteiger partial charge in [0.1, 0.15) is 6.29 Å². The standard InChI is InChI=1S/C12H14BrN.C8H7BrO.C4H6ClNO3/c13-12-5-3-11(4-6-12)7-10-14-8-1-2-9-14;9-8-3-1-7(2-4-8)5-6-10;1-2-9-4(7)3(5)6-8/h3-7,10H,1-2,8-9H2;1-4,6H,5H2;8H,2H2,1H3/b10-7+;;6-3-. The van der Waals surface area contributed by atoms with Crippen LogP contribution in [0.2, 0.25) is 0 Å². The molecule has 6 nitrogen and oxygen atoms in total. The maximum atomic E-state index is 10.3. The number of halogens is 3. The highest BCUT2D eigenvalue weighted by atomic mass is 79.9. The van der Waals surface area contributed by atoms with Crippen molar-refractivity contribution in [2.24, 2.45) is 5.16 Å². The van der Waals surface area contributed by atoms with Crippen LogP contribution in [0.5, 0.6) is 0 Å². The molecular weight excluding hydrogens is 576 g/mol. The molecule has 9 heteroatoms. The Balaban J connectivity index is 0.000000257. The average Bonchev–Trinajstić information content (AvgIpc) is 3.35. The van der Waals surface area contributed by atoms with E-state index in [0.29, 0.717) is 6.42 Å². The van der Waals surface area contributed by atoms with Crippen molar-refractivity contribution in [2.45, 2.75) is 26.2 Å². The molecule has 1 N–H and O–H groups in total. The molecular formula is C24H27Br2ClN2O4. The molecule has 33 heavy (non-hydrogen) atoms. The highest BCUT2D eigenvalue weighted by Crippen LogP contribution is 2.13. The molecule has 0 aliphatic carbocycles. The molecule has 178 valence electrons. The Morgan fingerprint density at radius 3 is 2.12 bits per heavy atom. The van der Waals surface area contributed by atoms with Gasteiger partial charge in [0.25, 0.3) is 5.17 Å². The number of esters is 1. The summed E-state index contributed by atoms with van der Waals surface area (Å²) in [6.45, 7) is 4.27. The van der Waals surface area contributed by atoms with E-state index in [4.69, 9.17) is 16.8 Å². The number of hydrogen-bond acceptors (Lipinski definition) is 6. The molecule has 1 fully saturated rings. The minimum Gasteiger partial charge on any atom is -0.461 e. The second-order valence-electron chi connectivity index (χ2n) is 6.72. The van der Waals surface area contributed by atoms with Crippen LogP contribution in [0.25, 0.3) is 6.08 Å². The summed E-state index contributed by atoms with van der Waals surface area (Å²) in [6.07, 6.45) is 8.47. The zero-order chi connectivity index (χ0) is 24.5. The number of benzene rings is 2. The molecule has 0 atom stereocenters. The first-order valence-corrected chi connectivity index (χ1v) is 12.3. The number of nitrogens with zero attached hydrogens (tertiary/aromatic N) is 2. The Bertz CT molecular complexity index is 898. The topological polar surface area (TPSA) is 79.2 Å². The average molecular weight is 603 g/mol. The number of carbonyl (C=O) groups is 2. The Morgan fingerprint density at radius 1 is 1.09 bits per heavy atom. The number of rotatable bonds is 6. The van der Waals surface area contributed by atoms with Gasteiger partial charge in [-0.15, -0.1) is 0 Å².